The zero-order valence-electron chi connectivity index (χ0n) is 7.92. The topological polar surface area (TPSA) is 20.2 Å². The van der Waals surface area contributed by atoms with Gasteiger partial charge in [-0.2, -0.15) is 11.8 Å². The van der Waals surface area contributed by atoms with Crippen molar-refractivity contribution in [2.24, 2.45) is 0 Å². The molecule has 1 atom stereocenters. The van der Waals surface area contributed by atoms with E-state index in [1.165, 1.54) is 25.7 Å². The molecule has 2 heteroatoms. The van der Waals surface area contributed by atoms with Crippen molar-refractivity contribution >= 4 is 11.8 Å². The monoisotopic (exact) mass is 186 g/mol. The van der Waals surface area contributed by atoms with Crippen molar-refractivity contribution < 1.29 is 5.11 Å². The van der Waals surface area contributed by atoms with E-state index in [4.69, 9.17) is 5.11 Å². The Morgan fingerprint density at radius 3 is 2.42 bits per heavy atom. The summed E-state index contributed by atoms with van der Waals surface area (Å²) in [4.78, 5) is 0. The summed E-state index contributed by atoms with van der Waals surface area (Å²) in [5.41, 5.74) is 0. The first-order valence-corrected chi connectivity index (χ1v) is 5.84. The quantitative estimate of drug-likeness (QED) is 0.684. The molecule has 0 radical (unpaired) electrons. The second-order valence-electron chi connectivity index (χ2n) is 3.58. The molecule has 70 valence electrons. The summed E-state index contributed by atoms with van der Waals surface area (Å²) < 4.78 is 0.344. The van der Waals surface area contributed by atoms with Crippen LogP contribution in [0.2, 0.25) is 0 Å². The van der Waals surface area contributed by atoms with E-state index >= 15 is 0 Å². The smallest absolute Gasteiger partial charge is 0.0693 e. The van der Waals surface area contributed by atoms with Gasteiger partial charge in [0.2, 0.25) is 0 Å². The van der Waals surface area contributed by atoms with E-state index in [1.54, 1.807) is 6.92 Å². The van der Waals surface area contributed by atoms with E-state index in [-0.39, 0.29) is 6.10 Å². The van der Waals surface area contributed by atoms with Gasteiger partial charge >= 0.3 is 0 Å². The number of aliphatic hydroxyl groups excluding tert-OH is 1. The largest absolute Gasteiger partial charge is 0.389 e. The molecule has 1 unspecified atom stereocenters. The Morgan fingerprint density at radius 2 is 2.00 bits per heavy atom. The van der Waals surface area contributed by atoms with Crippen LogP contribution in [0.1, 0.15) is 32.6 Å². The Balaban J connectivity index is 2.55. The van der Waals surface area contributed by atoms with Gasteiger partial charge < -0.3 is 5.11 Å². The van der Waals surface area contributed by atoms with Gasteiger partial charge in [0.15, 0.2) is 0 Å². The van der Waals surface area contributed by atoms with Gasteiger partial charge in [-0.1, -0.05) is 25.0 Å². The van der Waals surface area contributed by atoms with Crippen molar-refractivity contribution in [3.63, 3.8) is 0 Å². The minimum Gasteiger partial charge on any atom is -0.389 e. The van der Waals surface area contributed by atoms with Gasteiger partial charge in [0.1, 0.15) is 0 Å². The van der Waals surface area contributed by atoms with Crippen LogP contribution in [-0.2, 0) is 0 Å². The second kappa shape index (κ2) is 4.33. The maximum Gasteiger partial charge on any atom is 0.0693 e. The van der Waals surface area contributed by atoms with Gasteiger partial charge in [-0.25, -0.2) is 0 Å². The molecule has 0 aliphatic heterocycles. The minimum atomic E-state index is -0.297. The lowest BCUT2D eigenvalue weighted by molar-refractivity contribution is 0.243. The molecule has 0 heterocycles. The second-order valence-corrected chi connectivity index (χ2v) is 4.80. The van der Waals surface area contributed by atoms with Gasteiger partial charge in [-0.05, 0) is 26.0 Å². The molecule has 0 aromatic heterocycles. The van der Waals surface area contributed by atoms with Crippen molar-refractivity contribution in [2.75, 3.05) is 6.26 Å². The summed E-state index contributed by atoms with van der Waals surface area (Å²) in [6.45, 7) is 1.81. The van der Waals surface area contributed by atoms with Crippen molar-refractivity contribution in [1.82, 2.24) is 0 Å². The third-order valence-corrected chi connectivity index (χ3v) is 3.89. The van der Waals surface area contributed by atoms with Crippen molar-refractivity contribution in [3.05, 3.63) is 12.2 Å². The predicted octanol–water partition coefficient (Wildman–Crippen LogP) is 2.60. The van der Waals surface area contributed by atoms with Gasteiger partial charge in [-0.15, -0.1) is 0 Å². The molecule has 1 aliphatic rings. The Labute approximate surface area is 79.2 Å². The molecule has 1 saturated carbocycles. The van der Waals surface area contributed by atoms with Crippen LogP contribution in [0.25, 0.3) is 0 Å². The Kier molecular flexibility index (Phi) is 3.66. The highest BCUT2D eigenvalue weighted by molar-refractivity contribution is 8.00. The van der Waals surface area contributed by atoms with Crippen LogP contribution in [0.3, 0.4) is 0 Å². The molecular weight excluding hydrogens is 168 g/mol. The molecule has 12 heavy (non-hydrogen) atoms. The van der Waals surface area contributed by atoms with Gasteiger partial charge in [0, 0.05) is 4.75 Å². The summed E-state index contributed by atoms with van der Waals surface area (Å²) in [6, 6.07) is 0. The summed E-state index contributed by atoms with van der Waals surface area (Å²) in [7, 11) is 0. The maximum absolute atomic E-state index is 9.13. The first-order valence-electron chi connectivity index (χ1n) is 4.61. The lowest BCUT2D eigenvalue weighted by Crippen LogP contribution is -2.16. The molecule has 1 rings (SSSR count). The normalized spacial score (nSPS) is 24.9. The van der Waals surface area contributed by atoms with Crippen LogP contribution in [0.15, 0.2) is 12.2 Å². The number of thioether (sulfide) groups is 1. The lowest BCUT2D eigenvalue weighted by Gasteiger charge is -2.22. The number of rotatable bonds is 3. The summed E-state index contributed by atoms with van der Waals surface area (Å²) in [5, 5.41) is 9.13. The highest BCUT2D eigenvalue weighted by atomic mass is 32.2. The first kappa shape index (κ1) is 10.1. The molecule has 1 aliphatic carbocycles. The van der Waals surface area contributed by atoms with Crippen LogP contribution in [0.4, 0.5) is 0 Å². The molecule has 0 bridgehead atoms. The Hall–Kier alpha value is 0.0500. The van der Waals surface area contributed by atoms with Gasteiger partial charge in [-0.3, -0.25) is 0 Å². The van der Waals surface area contributed by atoms with E-state index in [1.807, 2.05) is 17.8 Å². The average molecular weight is 186 g/mol. The maximum atomic E-state index is 9.13. The number of hydrogen-bond acceptors (Lipinski definition) is 2. The zero-order chi connectivity index (χ0) is 9.03. The highest BCUT2D eigenvalue weighted by Crippen LogP contribution is 2.41. The molecule has 0 aromatic rings. The molecule has 1 fully saturated rings. The van der Waals surface area contributed by atoms with Crippen molar-refractivity contribution in [1.29, 1.82) is 0 Å². The van der Waals surface area contributed by atoms with Gasteiger partial charge in [0.25, 0.3) is 0 Å². The molecule has 1 nitrogen and oxygen atoms in total. The zero-order valence-corrected chi connectivity index (χ0v) is 8.73. The van der Waals surface area contributed by atoms with Crippen LogP contribution < -0.4 is 0 Å². The fourth-order valence-electron chi connectivity index (χ4n) is 1.73. The SMILES string of the molecule is CSC1(/C=C/C(C)O)CCCC1. The molecule has 0 saturated heterocycles. The van der Waals surface area contributed by atoms with E-state index in [9.17, 15) is 0 Å². The standard InChI is InChI=1S/C10H18OS/c1-9(11)5-8-10(12-2)6-3-4-7-10/h5,8-9,11H,3-4,6-7H2,1-2H3/b8-5+. The van der Waals surface area contributed by atoms with Crippen LogP contribution in [-0.4, -0.2) is 22.2 Å². The molecule has 0 spiro atoms. The number of hydrogen-bond donors (Lipinski definition) is 1. The highest BCUT2D eigenvalue weighted by Gasteiger charge is 2.29. The number of aliphatic hydroxyl groups is 1. The predicted molar refractivity (Wildman–Crippen MR) is 55.5 cm³/mol. The lowest BCUT2D eigenvalue weighted by atomic mass is 10.1. The Morgan fingerprint density at radius 1 is 1.42 bits per heavy atom. The summed E-state index contributed by atoms with van der Waals surface area (Å²) in [5.74, 6) is 0. The van der Waals surface area contributed by atoms with Crippen LogP contribution >= 0.6 is 11.8 Å². The van der Waals surface area contributed by atoms with Crippen molar-refractivity contribution in [2.45, 2.75) is 43.5 Å². The van der Waals surface area contributed by atoms with Gasteiger partial charge in [0.05, 0.1) is 6.10 Å². The van der Waals surface area contributed by atoms with E-state index in [0.29, 0.717) is 4.75 Å². The fraction of sp³-hybridized carbons (Fsp3) is 0.800. The first-order chi connectivity index (χ1) is 5.68. The third kappa shape index (κ3) is 2.53. The van der Waals surface area contributed by atoms with E-state index in [0.717, 1.165) is 0 Å². The van der Waals surface area contributed by atoms with Crippen molar-refractivity contribution in [3.8, 4) is 0 Å². The third-order valence-electron chi connectivity index (χ3n) is 2.53. The average Bonchev–Trinajstić information content (AvgIpc) is 2.50. The minimum absolute atomic E-state index is 0.297. The summed E-state index contributed by atoms with van der Waals surface area (Å²) in [6.07, 6.45) is 11.2. The van der Waals surface area contributed by atoms with E-state index < -0.39 is 0 Å². The molecule has 1 N–H and O–H groups in total. The van der Waals surface area contributed by atoms with Crippen LogP contribution in [0, 0.1) is 0 Å². The summed E-state index contributed by atoms with van der Waals surface area (Å²) >= 11 is 1.92. The molecule has 0 aromatic carbocycles. The molecule has 0 amide bonds. The Bertz CT molecular complexity index is 157. The van der Waals surface area contributed by atoms with Crippen LogP contribution in [0.5, 0.6) is 0 Å². The fourth-order valence-corrected chi connectivity index (χ4v) is 2.64. The molecular formula is C10H18OS. The van der Waals surface area contributed by atoms with E-state index in [2.05, 4.69) is 12.3 Å².